The number of carbonyl (C=O) groups excluding carboxylic acids is 1. The quantitative estimate of drug-likeness (QED) is 0.774. The molecule has 0 aliphatic carbocycles. The Labute approximate surface area is 163 Å². The van der Waals surface area contributed by atoms with Crippen LogP contribution < -0.4 is 0 Å². The van der Waals surface area contributed by atoms with Crippen molar-refractivity contribution in [2.24, 2.45) is 0 Å². The number of carbonyl (C=O) groups is 1. The number of sulfonamides is 1. The van der Waals surface area contributed by atoms with Crippen molar-refractivity contribution in [1.29, 1.82) is 0 Å². The summed E-state index contributed by atoms with van der Waals surface area (Å²) in [7, 11) is -3.69. The highest BCUT2D eigenvalue weighted by molar-refractivity contribution is 7.89. The first kappa shape index (κ1) is 19.2. The normalized spacial score (nSPS) is 15.8. The van der Waals surface area contributed by atoms with Gasteiger partial charge in [0.05, 0.1) is 11.3 Å². The minimum absolute atomic E-state index is 0.000882. The van der Waals surface area contributed by atoms with E-state index < -0.39 is 10.0 Å². The van der Waals surface area contributed by atoms with Crippen molar-refractivity contribution in [2.75, 3.05) is 26.2 Å². The standard InChI is InChI=1S/C18H18Cl2N2O3S/c19-15-11-16(20)13-17(12-15)26(24,25)22-8-6-21(7-9-22)18(23)10-14-4-2-1-3-5-14/h1-5,11-13H,6-10H2. The van der Waals surface area contributed by atoms with Gasteiger partial charge in [-0.2, -0.15) is 4.31 Å². The van der Waals surface area contributed by atoms with Crippen LogP contribution in [0.2, 0.25) is 10.0 Å². The summed E-state index contributed by atoms with van der Waals surface area (Å²) in [5.41, 5.74) is 0.945. The van der Waals surface area contributed by atoms with Crippen molar-refractivity contribution in [3.63, 3.8) is 0 Å². The van der Waals surface area contributed by atoms with Gasteiger partial charge in [-0.1, -0.05) is 53.5 Å². The highest BCUT2D eigenvalue weighted by atomic mass is 35.5. The molecule has 1 saturated heterocycles. The van der Waals surface area contributed by atoms with Gasteiger partial charge in [-0.25, -0.2) is 8.42 Å². The Balaban J connectivity index is 1.65. The van der Waals surface area contributed by atoms with Gasteiger partial charge in [0.15, 0.2) is 0 Å². The number of piperazine rings is 1. The highest BCUT2D eigenvalue weighted by Gasteiger charge is 2.30. The molecule has 2 aromatic carbocycles. The molecule has 0 saturated carbocycles. The molecule has 8 heteroatoms. The van der Waals surface area contributed by atoms with Crippen molar-refractivity contribution in [2.45, 2.75) is 11.3 Å². The topological polar surface area (TPSA) is 57.7 Å². The van der Waals surface area contributed by atoms with Crippen molar-refractivity contribution in [3.05, 3.63) is 64.1 Å². The second kappa shape index (κ2) is 7.96. The smallest absolute Gasteiger partial charge is 0.243 e. The SMILES string of the molecule is O=C(Cc1ccccc1)N1CCN(S(=O)(=O)c2cc(Cl)cc(Cl)c2)CC1. The van der Waals surface area contributed by atoms with E-state index >= 15 is 0 Å². The molecule has 0 radical (unpaired) electrons. The summed E-state index contributed by atoms with van der Waals surface area (Å²) in [5, 5.41) is 0.542. The lowest BCUT2D eigenvalue weighted by molar-refractivity contribution is -0.131. The number of nitrogens with zero attached hydrogens (tertiary/aromatic N) is 2. The predicted molar refractivity (Wildman–Crippen MR) is 102 cm³/mol. The molecule has 0 N–H and O–H groups in total. The lowest BCUT2D eigenvalue weighted by Gasteiger charge is -2.34. The van der Waals surface area contributed by atoms with Crippen molar-refractivity contribution in [3.8, 4) is 0 Å². The summed E-state index contributed by atoms with van der Waals surface area (Å²) < 4.78 is 26.9. The summed E-state index contributed by atoms with van der Waals surface area (Å²) in [6.07, 6.45) is 0.317. The van der Waals surface area contributed by atoms with Crippen molar-refractivity contribution < 1.29 is 13.2 Å². The van der Waals surface area contributed by atoms with E-state index in [1.54, 1.807) is 4.90 Å². The zero-order valence-corrected chi connectivity index (χ0v) is 16.3. The van der Waals surface area contributed by atoms with Crippen LogP contribution in [0.3, 0.4) is 0 Å². The minimum atomic E-state index is -3.69. The molecule has 1 heterocycles. The molecule has 1 aliphatic rings. The molecule has 5 nitrogen and oxygen atoms in total. The van der Waals surface area contributed by atoms with Gasteiger partial charge in [0.2, 0.25) is 15.9 Å². The number of hydrogen-bond donors (Lipinski definition) is 0. The third-order valence-electron chi connectivity index (χ3n) is 4.26. The number of amides is 1. The van der Waals surface area contributed by atoms with Gasteiger partial charge < -0.3 is 4.90 Å². The van der Waals surface area contributed by atoms with Gasteiger partial charge in [0, 0.05) is 36.2 Å². The second-order valence-electron chi connectivity index (χ2n) is 6.05. The molecule has 1 aliphatic heterocycles. The maximum Gasteiger partial charge on any atom is 0.243 e. The molecule has 1 fully saturated rings. The zero-order chi connectivity index (χ0) is 18.7. The number of benzene rings is 2. The van der Waals surface area contributed by atoms with E-state index in [9.17, 15) is 13.2 Å². The summed E-state index contributed by atoms with van der Waals surface area (Å²) in [6, 6.07) is 13.8. The van der Waals surface area contributed by atoms with E-state index in [0.717, 1.165) is 5.56 Å². The molecule has 0 spiro atoms. The predicted octanol–water partition coefficient (Wildman–Crippen LogP) is 3.07. The summed E-state index contributed by atoms with van der Waals surface area (Å²) in [6.45, 7) is 1.21. The first-order valence-corrected chi connectivity index (χ1v) is 10.3. The Morgan fingerprint density at radius 3 is 2.08 bits per heavy atom. The van der Waals surface area contributed by atoms with Crippen LogP contribution in [0.4, 0.5) is 0 Å². The van der Waals surface area contributed by atoms with E-state index in [2.05, 4.69) is 0 Å². The van der Waals surface area contributed by atoms with E-state index in [1.807, 2.05) is 30.3 Å². The van der Waals surface area contributed by atoms with Crippen LogP contribution in [0.15, 0.2) is 53.4 Å². The molecule has 0 aromatic heterocycles. The van der Waals surface area contributed by atoms with Crippen LogP contribution in [0.5, 0.6) is 0 Å². The van der Waals surface area contributed by atoms with Gasteiger partial charge in [-0.3, -0.25) is 4.79 Å². The summed E-state index contributed by atoms with van der Waals surface area (Å²) in [4.78, 5) is 14.2. The van der Waals surface area contributed by atoms with E-state index in [4.69, 9.17) is 23.2 Å². The number of hydrogen-bond acceptors (Lipinski definition) is 3. The summed E-state index contributed by atoms with van der Waals surface area (Å²) in [5.74, 6) is -0.000882. The fourth-order valence-corrected chi connectivity index (χ4v) is 5.04. The van der Waals surface area contributed by atoms with Crippen LogP contribution in [-0.4, -0.2) is 49.7 Å². The van der Waals surface area contributed by atoms with Gasteiger partial charge in [-0.15, -0.1) is 0 Å². The molecule has 0 atom stereocenters. The maximum absolute atomic E-state index is 12.8. The fourth-order valence-electron chi connectivity index (χ4n) is 2.89. The van der Waals surface area contributed by atoms with E-state index in [0.29, 0.717) is 19.5 Å². The van der Waals surface area contributed by atoms with Gasteiger partial charge >= 0.3 is 0 Å². The molecule has 3 rings (SSSR count). The first-order chi connectivity index (χ1) is 12.4. The highest BCUT2D eigenvalue weighted by Crippen LogP contribution is 2.25. The third-order valence-corrected chi connectivity index (χ3v) is 6.58. The molecule has 2 aromatic rings. The Bertz CT molecular complexity index is 876. The average Bonchev–Trinajstić information content (AvgIpc) is 2.62. The zero-order valence-electron chi connectivity index (χ0n) is 13.9. The largest absolute Gasteiger partial charge is 0.340 e. The van der Waals surface area contributed by atoms with Crippen LogP contribution >= 0.6 is 23.2 Å². The van der Waals surface area contributed by atoms with Crippen molar-refractivity contribution in [1.82, 2.24) is 9.21 Å². The fraction of sp³-hybridized carbons (Fsp3) is 0.278. The van der Waals surface area contributed by atoms with Gasteiger partial charge in [-0.05, 0) is 23.8 Å². The molecule has 1 amide bonds. The van der Waals surface area contributed by atoms with Gasteiger partial charge in [0.25, 0.3) is 0 Å². The van der Waals surface area contributed by atoms with E-state index in [-0.39, 0.29) is 33.9 Å². The lowest BCUT2D eigenvalue weighted by atomic mass is 10.1. The van der Waals surface area contributed by atoms with Crippen LogP contribution in [0.25, 0.3) is 0 Å². The number of halogens is 2. The molecule has 0 bridgehead atoms. The Morgan fingerprint density at radius 1 is 0.923 bits per heavy atom. The molecular weight excluding hydrogens is 395 g/mol. The average molecular weight is 413 g/mol. The van der Waals surface area contributed by atoms with Crippen LogP contribution in [-0.2, 0) is 21.2 Å². The summed E-state index contributed by atoms with van der Waals surface area (Å²) >= 11 is 11.8. The van der Waals surface area contributed by atoms with Crippen LogP contribution in [0.1, 0.15) is 5.56 Å². The maximum atomic E-state index is 12.8. The second-order valence-corrected chi connectivity index (χ2v) is 8.86. The molecule has 0 unspecified atom stereocenters. The Hall–Kier alpha value is -1.60. The minimum Gasteiger partial charge on any atom is -0.340 e. The lowest BCUT2D eigenvalue weighted by Crippen LogP contribution is -2.50. The third kappa shape index (κ3) is 4.38. The molecule has 138 valence electrons. The molecular formula is C18H18Cl2N2O3S. The first-order valence-electron chi connectivity index (χ1n) is 8.14. The monoisotopic (exact) mass is 412 g/mol. The van der Waals surface area contributed by atoms with Gasteiger partial charge in [0.1, 0.15) is 0 Å². The van der Waals surface area contributed by atoms with Crippen LogP contribution in [0, 0.1) is 0 Å². The molecule has 26 heavy (non-hydrogen) atoms. The van der Waals surface area contributed by atoms with E-state index in [1.165, 1.54) is 22.5 Å². The van der Waals surface area contributed by atoms with Crippen molar-refractivity contribution >= 4 is 39.1 Å². The Morgan fingerprint density at radius 2 is 1.50 bits per heavy atom. The Kier molecular flexibility index (Phi) is 5.87. The number of rotatable bonds is 4.